The minimum Gasteiger partial charge on any atom is -0.478 e. The molecule has 1 aliphatic rings. The second-order valence-corrected chi connectivity index (χ2v) is 5.52. The molecule has 1 aliphatic carbocycles. The molecule has 0 atom stereocenters. The molecule has 0 spiro atoms. The van der Waals surface area contributed by atoms with Crippen molar-refractivity contribution in [2.45, 2.75) is 52.0 Å². The first-order valence-corrected chi connectivity index (χ1v) is 7.14. The van der Waals surface area contributed by atoms with Crippen LogP contribution in [0.1, 0.15) is 55.0 Å². The molecule has 0 amide bonds. The molecular formula is C16H21NO3. The fourth-order valence-electron chi connectivity index (χ4n) is 3.07. The third-order valence-electron chi connectivity index (χ3n) is 4.01. The summed E-state index contributed by atoms with van der Waals surface area (Å²) >= 11 is 0. The van der Waals surface area contributed by atoms with Crippen LogP contribution < -0.4 is 5.56 Å². The SMILES string of the molecule is Cc1cc(C)n(C2CCCCC2)c(=O)c1/C=C/C(=O)O. The molecule has 1 saturated carbocycles. The van der Waals surface area contributed by atoms with E-state index in [0.717, 1.165) is 43.0 Å². The molecule has 0 bridgehead atoms. The van der Waals surface area contributed by atoms with Crippen LogP contribution >= 0.6 is 0 Å². The third-order valence-corrected chi connectivity index (χ3v) is 4.01. The van der Waals surface area contributed by atoms with E-state index in [-0.39, 0.29) is 11.6 Å². The van der Waals surface area contributed by atoms with Gasteiger partial charge in [-0.15, -0.1) is 0 Å². The van der Waals surface area contributed by atoms with Crippen molar-refractivity contribution >= 4 is 12.0 Å². The van der Waals surface area contributed by atoms with Gasteiger partial charge in [0, 0.05) is 23.4 Å². The van der Waals surface area contributed by atoms with Gasteiger partial charge in [-0.05, 0) is 44.4 Å². The van der Waals surface area contributed by atoms with Gasteiger partial charge in [0.05, 0.1) is 0 Å². The molecule has 1 aromatic rings. The van der Waals surface area contributed by atoms with E-state index in [1.807, 2.05) is 24.5 Å². The standard InChI is InChI=1S/C16H21NO3/c1-11-10-12(2)17(13-6-4-3-5-7-13)16(20)14(11)8-9-15(18)19/h8-10,13H,3-7H2,1-2H3,(H,18,19)/b9-8+. The number of aryl methyl sites for hydroxylation is 2. The van der Waals surface area contributed by atoms with Gasteiger partial charge in [0.1, 0.15) is 0 Å². The number of rotatable bonds is 3. The lowest BCUT2D eigenvalue weighted by Crippen LogP contribution is -2.30. The zero-order chi connectivity index (χ0) is 14.7. The van der Waals surface area contributed by atoms with Gasteiger partial charge in [0.2, 0.25) is 0 Å². The van der Waals surface area contributed by atoms with Crippen molar-refractivity contribution in [3.63, 3.8) is 0 Å². The molecule has 1 heterocycles. The van der Waals surface area contributed by atoms with Gasteiger partial charge >= 0.3 is 5.97 Å². The topological polar surface area (TPSA) is 59.3 Å². The van der Waals surface area contributed by atoms with E-state index in [2.05, 4.69) is 0 Å². The van der Waals surface area contributed by atoms with Crippen molar-refractivity contribution in [3.8, 4) is 0 Å². The second kappa shape index (κ2) is 6.07. The number of hydrogen-bond donors (Lipinski definition) is 1. The first-order chi connectivity index (χ1) is 9.50. The van der Waals surface area contributed by atoms with Crippen LogP contribution in [0.2, 0.25) is 0 Å². The summed E-state index contributed by atoms with van der Waals surface area (Å²) < 4.78 is 1.85. The van der Waals surface area contributed by atoms with Crippen LogP contribution in [0.5, 0.6) is 0 Å². The Morgan fingerprint density at radius 1 is 1.30 bits per heavy atom. The highest BCUT2D eigenvalue weighted by molar-refractivity contribution is 5.85. The maximum absolute atomic E-state index is 12.6. The highest BCUT2D eigenvalue weighted by atomic mass is 16.4. The summed E-state index contributed by atoms with van der Waals surface area (Å²) in [7, 11) is 0. The Labute approximate surface area is 118 Å². The predicted molar refractivity (Wildman–Crippen MR) is 79.0 cm³/mol. The molecule has 2 rings (SSSR count). The zero-order valence-corrected chi connectivity index (χ0v) is 12.1. The summed E-state index contributed by atoms with van der Waals surface area (Å²) in [6.45, 7) is 3.80. The number of aliphatic carboxylic acids is 1. The smallest absolute Gasteiger partial charge is 0.328 e. The maximum atomic E-state index is 12.6. The van der Waals surface area contributed by atoms with Crippen molar-refractivity contribution in [2.24, 2.45) is 0 Å². The lowest BCUT2D eigenvalue weighted by atomic mass is 9.94. The Balaban J connectivity index is 2.49. The number of carbonyl (C=O) groups is 1. The fraction of sp³-hybridized carbons (Fsp3) is 0.500. The van der Waals surface area contributed by atoms with Crippen LogP contribution in [0.3, 0.4) is 0 Å². The summed E-state index contributed by atoms with van der Waals surface area (Å²) in [5.74, 6) is -1.03. The highest BCUT2D eigenvalue weighted by Gasteiger charge is 2.19. The molecule has 1 N–H and O–H groups in total. The van der Waals surface area contributed by atoms with Crippen LogP contribution in [0.4, 0.5) is 0 Å². The van der Waals surface area contributed by atoms with E-state index in [4.69, 9.17) is 5.11 Å². The number of nitrogens with zero attached hydrogens (tertiary/aromatic N) is 1. The van der Waals surface area contributed by atoms with Crippen molar-refractivity contribution in [3.05, 3.63) is 39.3 Å². The molecular weight excluding hydrogens is 254 g/mol. The van der Waals surface area contributed by atoms with E-state index in [1.54, 1.807) is 0 Å². The molecule has 0 aliphatic heterocycles. The van der Waals surface area contributed by atoms with Gasteiger partial charge in [0.25, 0.3) is 5.56 Å². The van der Waals surface area contributed by atoms with Gasteiger partial charge in [0.15, 0.2) is 0 Å². The predicted octanol–water partition coefficient (Wildman–Crippen LogP) is 3.07. The summed E-state index contributed by atoms with van der Waals surface area (Å²) in [6, 6.07) is 2.23. The summed E-state index contributed by atoms with van der Waals surface area (Å²) in [4.78, 5) is 23.3. The largest absolute Gasteiger partial charge is 0.478 e. The summed E-state index contributed by atoms with van der Waals surface area (Å²) in [5.41, 5.74) is 2.22. The fourth-order valence-corrected chi connectivity index (χ4v) is 3.07. The van der Waals surface area contributed by atoms with E-state index < -0.39 is 5.97 Å². The highest BCUT2D eigenvalue weighted by Crippen LogP contribution is 2.28. The molecule has 0 saturated heterocycles. The average molecular weight is 275 g/mol. The van der Waals surface area contributed by atoms with Crippen molar-refractivity contribution < 1.29 is 9.90 Å². The van der Waals surface area contributed by atoms with E-state index in [0.29, 0.717) is 5.56 Å². The Kier molecular flexibility index (Phi) is 4.42. The first-order valence-electron chi connectivity index (χ1n) is 7.14. The maximum Gasteiger partial charge on any atom is 0.328 e. The first kappa shape index (κ1) is 14.6. The number of hydrogen-bond acceptors (Lipinski definition) is 2. The van der Waals surface area contributed by atoms with Gasteiger partial charge in [-0.25, -0.2) is 4.79 Å². The third kappa shape index (κ3) is 3.00. The van der Waals surface area contributed by atoms with Crippen LogP contribution in [0.15, 0.2) is 16.9 Å². The van der Waals surface area contributed by atoms with Gasteiger partial charge < -0.3 is 9.67 Å². The minimum absolute atomic E-state index is 0.0631. The summed E-state index contributed by atoms with van der Waals surface area (Å²) in [6.07, 6.45) is 8.07. The quantitative estimate of drug-likeness (QED) is 0.862. The summed E-state index contributed by atoms with van der Waals surface area (Å²) in [5, 5.41) is 8.73. The average Bonchev–Trinajstić information content (AvgIpc) is 2.38. The van der Waals surface area contributed by atoms with Crippen LogP contribution in [-0.4, -0.2) is 15.6 Å². The molecule has 0 radical (unpaired) electrons. The molecule has 108 valence electrons. The molecule has 4 nitrogen and oxygen atoms in total. The van der Waals surface area contributed by atoms with Crippen LogP contribution in [0, 0.1) is 13.8 Å². The Morgan fingerprint density at radius 2 is 1.95 bits per heavy atom. The number of carboxylic acids is 1. The van der Waals surface area contributed by atoms with Gasteiger partial charge in [-0.2, -0.15) is 0 Å². The minimum atomic E-state index is -1.03. The molecule has 4 heteroatoms. The number of aromatic nitrogens is 1. The van der Waals surface area contributed by atoms with Crippen molar-refractivity contribution in [2.75, 3.05) is 0 Å². The van der Waals surface area contributed by atoms with E-state index in [9.17, 15) is 9.59 Å². The Bertz CT molecular complexity index is 592. The Morgan fingerprint density at radius 3 is 2.55 bits per heavy atom. The zero-order valence-electron chi connectivity index (χ0n) is 12.1. The normalized spacial score (nSPS) is 16.7. The second-order valence-electron chi connectivity index (χ2n) is 5.52. The lowest BCUT2D eigenvalue weighted by Gasteiger charge is -2.26. The number of pyridine rings is 1. The van der Waals surface area contributed by atoms with Crippen LogP contribution in [0.25, 0.3) is 6.08 Å². The van der Waals surface area contributed by atoms with E-state index in [1.165, 1.54) is 12.5 Å². The van der Waals surface area contributed by atoms with E-state index >= 15 is 0 Å². The molecule has 1 fully saturated rings. The van der Waals surface area contributed by atoms with Crippen molar-refractivity contribution in [1.82, 2.24) is 4.57 Å². The molecule has 0 unspecified atom stereocenters. The van der Waals surface area contributed by atoms with Gasteiger partial charge in [-0.3, -0.25) is 4.79 Å². The number of carboxylic acid groups (broad SMARTS) is 1. The van der Waals surface area contributed by atoms with Crippen LogP contribution in [-0.2, 0) is 4.79 Å². The van der Waals surface area contributed by atoms with Crippen molar-refractivity contribution in [1.29, 1.82) is 0 Å². The molecule has 1 aromatic heterocycles. The monoisotopic (exact) mass is 275 g/mol. The Hall–Kier alpha value is -1.84. The molecule has 0 aromatic carbocycles. The molecule has 20 heavy (non-hydrogen) atoms. The van der Waals surface area contributed by atoms with Gasteiger partial charge in [-0.1, -0.05) is 19.3 Å². The lowest BCUT2D eigenvalue weighted by molar-refractivity contribution is -0.131.